The minimum atomic E-state index is -4.44. The van der Waals surface area contributed by atoms with Crippen molar-refractivity contribution in [2.45, 2.75) is 25.2 Å². The van der Waals surface area contributed by atoms with Gasteiger partial charge in [0.15, 0.2) is 0 Å². The second-order valence-electron chi connectivity index (χ2n) is 4.47. The van der Waals surface area contributed by atoms with Gasteiger partial charge in [0.1, 0.15) is 12.2 Å². The fraction of sp³-hybridized carbons (Fsp3) is 0.545. The molecule has 0 atom stereocenters. The number of hydrogen-bond donors (Lipinski definition) is 3. The first-order valence-electron chi connectivity index (χ1n) is 5.47. The van der Waals surface area contributed by atoms with Crippen molar-refractivity contribution in [2.75, 3.05) is 13.2 Å². The summed E-state index contributed by atoms with van der Waals surface area (Å²) in [6.45, 7) is -0.968. The Kier molecular flexibility index (Phi) is 4.59. The van der Waals surface area contributed by atoms with Gasteiger partial charge in [0.2, 0.25) is 0 Å². The number of nitrogens with zero attached hydrogens (tertiary/aromatic N) is 1. The molecule has 1 rings (SSSR count). The molecule has 0 spiro atoms. The molecule has 3 N–H and O–H groups in total. The van der Waals surface area contributed by atoms with Crippen LogP contribution < -0.4 is 5.32 Å². The van der Waals surface area contributed by atoms with E-state index < -0.39 is 37.4 Å². The molecule has 108 valence electrons. The zero-order chi connectivity index (χ0) is 14.7. The van der Waals surface area contributed by atoms with Crippen molar-refractivity contribution in [3.05, 3.63) is 24.0 Å². The van der Waals surface area contributed by atoms with Crippen molar-refractivity contribution in [3.63, 3.8) is 0 Å². The van der Waals surface area contributed by atoms with Gasteiger partial charge in [0, 0.05) is 6.20 Å². The Bertz CT molecular complexity index is 439. The summed E-state index contributed by atoms with van der Waals surface area (Å²) >= 11 is 0. The lowest BCUT2D eigenvalue weighted by molar-refractivity contribution is -0.140. The molecule has 0 aliphatic carbocycles. The summed E-state index contributed by atoms with van der Waals surface area (Å²) in [5.74, 6) is -0.792. The summed E-state index contributed by atoms with van der Waals surface area (Å²) in [5, 5.41) is 20.3. The topological polar surface area (TPSA) is 74.5 Å². The van der Waals surface area contributed by atoms with Crippen molar-refractivity contribution in [1.29, 1.82) is 0 Å². The summed E-state index contributed by atoms with van der Waals surface area (Å²) in [6, 6.07) is 2.55. The minimum Gasteiger partial charge on any atom is -0.394 e. The zero-order valence-corrected chi connectivity index (χ0v) is 10.2. The van der Waals surface area contributed by atoms with Crippen LogP contribution in [-0.2, 0) is 6.54 Å². The van der Waals surface area contributed by atoms with Gasteiger partial charge in [-0.2, -0.15) is 13.2 Å². The van der Waals surface area contributed by atoms with Crippen molar-refractivity contribution in [1.82, 2.24) is 9.88 Å². The average molecular weight is 280 g/mol. The first-order chi connectivity index (χ1) is 8.71. The second kappa shape index (κ2) is 5.62. The van der Waals surface area contributed by atoms with E-state index in [1.165, 1.54) is 19.1 Å². The average Bonchev–Trinajstić information content (AvgIpc) is 2.74. The summed E-state index contributed by atoms with van der Waals surface area (Å²) in [7, 11) is 0. The standard InChI is InChI=1S/C11H15F3N2O3/c1-10(6-17,7-18)15-9(19)8-3-2-4-16(8)5-11(12,13)14/h2-4,17-18H,5-7H2,1H3,(H,15,19). The Morgan fingerprint density at radius 1 is 1.37 bits per heavy atom. The summed E-state index contributed by atoms with van der Waals surface area (Å²) in [6.07, 6.45) is -3.30. The molecule has 0 saturated carbocycles. The Morgan fingerprint density at radius 3 is 2.42 bits per heavy atom. The smallest absolute Gasteiger partial charge is 0.394 e. The van der Waals surface area contributed by atoms with Gasteiger partial charge in [-0.05, 0) is 19.1 Å². The number of amides is 1. The van der Waals surface area contributed by atoms with Crippen LogP contribution in [0, 0.1) is 0 Å². The quantitative estimate of drug-likeness (QED) is 0.736. The molecule has 0 aromatic carbocycles. The number of hydrogen-bond acceptors (Lipinski definition) is 3. The third-order valence-corrected chi connectivity index (χ3v) is 2.53. The molecule has 5 nitrogen and oxygen atoms in total. The number of aliphatic hydroxyl groups excluding tert-OH is 2. The highest BCUT2D eigenvalue weighted by atomic mass is 19.4. The SMILES string of the molecule is CC(CO)(CO)NC(=O)c1cccn1CC(F)(F)F. The Hall–Kier alpha value is -1.54. The lowest BCUT2D eigenvalue weighted by Crippen LogP contribution is -2.52. The molecule has 0 bridgehead atoms. The molecule has 0 aliphatic heterocycles. The van der Waals surface area contributed by atoms with Gasteiger partial charge in [-0.15, -0.1) is 0 Å². The van der Waals surface area contributed by atoms with Crippen LogP contribution in [0.2, 0.25) is 0 Å². The number of nitrogens with one attached hydrogen (secondary N) is 1. The van der Waals surface area contributed by atoms with Gasteiger partial charge in [0.05, 0.1) is 18.8 Å². The van der Waals surface area contributed by atoms with Crippen molar-refractivity contribution in [3.8, 4) is 0 Å². The lowest BCUT2D eigenvalue weighted by atomic mass is 10.1. The second-order valence-corrected chi connectivity index (χ2v) is 4.47. The third kappa shape index (κ3) is 4.25. The van der Waals surface area contributed by atoms with E-state index in [0.717, 1.165) is 10.8 Å². The molecule has 1 aromatic heterocycles. The van der Waals surface area contributed by atoms with Crippen LogP contribution in [0.5, 0.6) is 0 Å². The fourth-order valence-electron chi connectivity index (χ4n) is 1.42. The van der Waals surface area contributed by atoms with Crippen LogP contribution >= 0.6 is 0 Å². The number of aromatic nitrogens is 1. The molecule has 0 radical (unpaired) electrons. The maximum atomic E-state index is 12.3. The highest BCUT2D eigenvalue weighted by Gasteiger charge is 2.31. The molecular formula is C11H15F3N2O3. The molecule has 8 heteroatoms. The van der Waals surface area contributed by atoms with Crippen LogP contribution in [0.25, 0.3) is 0 Å². The molecule has 1 aromatic rings. The maximum absolute atomic E-state index is 12.3. The van der Waals surface area contributed by atoms with E-state index >= 15 is 0 Å². The number of rotatable bonds is 5. The van der Waals surface area contributed by atoms with Crippen LogP contribution in [-0.4, -0.2) is 45.6 Å². The third-order valence-electron chi connectivity index (χ3n) is 2.53. The fourth-order valence-corrected chi connectivity index (χ4v) is 1.42. The number of carbonyl (C=O) groups excluding carboxylic acids is 1. The van der Waals surface area contributed by atoms with E-state index in [-0.39, 0.29) is 5.69 Å². The minimum absolute atomic E-state index is 0.189. The largest absolute Gasteiger partial charge is 0.406 e. The van der Waals surface area contributed by atoms with E-state index in [1.807, 2.05) is 0 Å². The van der Waals surface area contributed by atoms with Crippen LogP contribution in [0.3, 0.4) is 0 Å². The Morgan fingerprint density at radius 2 is 1.95 bits per heavy atom. The molecule has 0 saturated heterocycles. The molecule has 1 heterocycles. The molecule has 1 amide bonds. The van der Waals surface area contributed by atoms with E-state index in [0.29, 0.717) is 0 Å². The summed E-state index contributed by atoms with van der Waals surface area (Å²) in [4.78, 5) is 11.8. The van der Waals surface area contributed by atoms with Gasteiger partial charge < -0.3 is 20.1 Å². The predicted octanol–water partition coefficient (Wildman–Crippen LogP) is 0.523. The van der Waals surface area contributed by atoms with Crippen LogP contribution in [0.4, 0.5) is 13.2 Å². The molecular weight excluding hydrogens is 265 g/mol. The number of alkyl halides is 3. The van der Waals surface area contributed by atoms with Gasteiger partial charge in [0.25, 0.3) is 5.91 Å². The monoisotopic (exact) mass is 280 g/mol. The first kappa shape index (κ1) is 15.5. The van der Waals surface area contributed by atoms with Crippen molar-refractivity contribution in [2.24, 2.45) is 0 Å². The van der Waals surface area contributed by atoms with Gasteiger partial charge >= 0.3 is 6.18 Å². The van der Waals surface area contributed by atoms with Gasteiger partial charge in [-0.25, -0.2) is 0 Å². The van der Waals surface area contributed by atoms with Gasteiger partial charge in [-0.3, -0.25) is 4.79 Å². The van der Waals surface area contributed by atoms with Crippen LogP contribution in [0.1, 0.15) is 17.4 Å². The molecule has 0 fully saturated rings. The van der Waals surface area contributed by atoms with E-state index in [9.17, 15) is 18.0 Å². The number of carbonyl (C=O) groups is 1. The van der Waals surface area contributed by atoms with E-state index in [1.54, 1.807) is 0 Å². The Balaban J connectivity index is 2.87. The summed E-state index contributed by atoms with van der Waals surface area (Å²) < 4.78 is 37.7. The summed E-state index contributed by atoms with van der Waals surface area (Å²) in [5.41, 5.74) is -1.48. The highest BCUT2D eigenvalue weighted by Crippen LogP contribution is 2.19. The normalized spacial score (nSPS) is 12.5. The number of aliphatic hydroxyl groups is 2. The molecule has 19 heavy (non-hydrogen) atoms. The lowest BCUT2D eigenvalue weighted by Gasteiger charge is -2.26. The zero-order valence-electron chi connectivity index (χ0n) is 10.2. The molecule has 0 unspecified atom stereocenters. The Labute approximate surface area is 107 Å². The van der Waals surface area contributed by atoms with E-state index in [2.05, 4.69) is 5.32 Å². The predicted molar refractivity (Wildman–Crippen MR) is 60.5 cm³/mol. The van der Waals surface area contributed by atoms with Crippen molar-refractivity contribution >= 4 is 5.91 Å². The first-order valence-corrected chi connectivity index (χ1v) is 5.47. The van der Waals surface area contributed by atoms with Gasteiger partial charge in [-0.1, -0.05) is 0 Å². The van der Waals surface area contributed by atoms with E-state index in [4.69, 9.17) is 10.2 Å². The number of halogens is 3. The molecule has 0 aliphatic rings. The van der Waals surface area contributed by atoms with Crippen LogP contribution in [0.15, 0.2) is 18.3 Å². The highest BCUT2D eigenvalue weighted by molar-refractivity contribution is 5.93. The van der Waals surface area contributed by atoms with Crippen molar-refractivity contribution < 1.29 is 28.2 Å². The maximum Gasteiger partial charge on any atom is 0.406 e.